The minimum atomic E-state index is 0.762. The lowest BCUT2D eigenvalue weighted by molar-refractivity contribution is 0.996. The minimum absolute atomic E-state index is 0.762. The molecule has 0 fully saturated rings. The summed E-state index contributed by atoms with van der Waals surface area (Å²) in [5, 5.41) is 8.12. The van der Waals surface area contributed by atoms with Crippen molar-refractivity contribution in [1.82, 2.24) is 9.97 Å². The molecule has 2 aromatic heterocycles. The zero-order chi connectivity index (χ0) is 12.4. The van der Waals surface area contributed by atoms with E-state index in [9.17, 15) is 0 Å². The van der Waals surface area contributed by atoms with E-state index < -0.39 is 0 Å². The van der Waals surface area contributed by atoms with E-state index in [1.54, 1.807) is 22.7 Å². The van der Waals surface area contributed by atoms with Gasteiger partial charge in [0.15, 0.2) is 5.13 Å². The van der Waals surface area contributed by atoms with Crippen molar-refractivity contribution in [1.29, 1.82) is 0 Å². The number of rotatable bonds is 4. The number of nitrogens with zero attached hydrogens (tertiary/aromatic N) is 2. The lowest BCUT2D eigenvalue weighted by Crippen LogP contribution is -2.03. The average Bonchev–Trinajstić information content (AvgIpc) is 2.98. The first-order valence-corrected chi connectivity index (χ1v) is 7.57. The smallest absolute Gasteiger partial charge is 0.183 e. The van der Waals surface area contributed by atoms with E-state index in [4.69, 9.17) is 11.6 Å². The Balaban J connectivity index is 1.69. The van der Waals surface area contributed by atoms with Crippen LogP contribution in [0.15, 0.2) is 29.8 Å². The van der Waals surface area contributed by atoms with Gasteiger partial charge in [-0.05, 0) is 12.1 Å². The fraction of sp³-hybridized carbons (Fsp3) is 0.167. The van der Waals surface area contributed by atoms with Crippen LogP contribution in [0.5, 0.6) is 0 Å². The van der Waals surface area contributed by atoms with E-state index in [0.717, 1.165) is 38.3 Å². The molecule has 0 aliphatic rings. The minimum Gasteiger partial charge on any atom is -0.361 e. The van der Waals surface area contributed by atoms with Gasteiger partial charge < -0.3 is 5.32 Å². The van der Waals surface area contributed by atoms with Gasteiger partial charge in [-0.15, -0.1) is 11.3 Å². The Morgan fingerprint density at radius 3 is 3.06 bits per heavy atom. The monoisotopic (exact) mass is 295 g/mol. The third-order valence-corrected chi connectivity index (χ3v) is 4.79. The Hall–Kier alpha value is -1.17. The Morgan fingerprint density at radius 1 is 1.33 bits per heavy atom. The van der Waals surface area contributed by atoms with Crippen LogP contribution < -0.4 is 5.32 Å². The quantitative estimate of drug-likeness (QED) is 0.789. The summed E-state index contributed by atoms with van der Waals surface area (Å²) >= 11 is 9.39. The highest BCUT2D eigenvalue weighted by Gasteiger charge is 2.06. The second-order valence-corrected chi connectivity index (χ2v) is 6.10. The van der Waals surface area contributed by atoms with Gasteiger partial charge >= 0.3 is 0 Å². The van der Waals surface area contributed by atoms with Crippen molar-refractivity contribution in [3.05, 3.63) is 39.8 Å². The molecule has 0 aliphatic heterocycles. The van der Waals surface area contributed by atoms with Gasteiger partial charge in [0.1, 0.15) is 0 Å². The highest BCUT2D eigenvalue weighted by molar-refractivity contribution is 7.22. The number of benzene rings is 1. The highest BCUT2D eigenvalue weighted by Crippen LogP contribution is 2.31. The molecule has 0 amide bonds. The number of hydrogen-bond acceptors (Lipinski definition) is 5. The number of thiazole rings is 2. The van der Waals surface area contributed by atoms with E-state index in [0.29, 0.717) is 0 Å². The normalized spacial score (nSPS) is 10.9. The lowest BCUT2D eigenvalue weighted by atomic mass is 10.3. The summed E-state index contributed by atoms with van der Waals surface area (Å²) in [7, 11) is 0. The second-order valence-electron chi connectivity index (χ2n) is 3.71. The van der Waals surface area contributed by atoms with Gasteiger partial charge in [-0.25, -0.2) is 9.97 Å². The van der Waals surface area contributed by atoms with Crippen LogP contribution in [0.3, 0.4) is 0 Å². The standard InChI is InChI=1S/C12H10ClN3S2/c13-8-2-1-3-9-11(8)18-12(16-9)15-5-4-10-14-6-7-17-10/h1-3,6-7H,4-5H2,(H,15,16). The fourth-order valence-electron chi connectivity index (χ4n) is 1.64. The van der Waals surface area contributed by atoms with Gasteiger partial charge in [-0.2, -0.15) is 0 Å². The Labute approximate surface area is 117 Å². The molecular weight excluding hydrogens is 286 g/mol. The molecule has 0 radical (unpaired) electrons. The molecule has 0 bridgehead atoms. The van der Waals surface area contributed by atoms with Gasteiger partial charge in [0.05, 0.1) is 20.2 Å². The largest absolute Gasteiger partial charge is 0.361 e. The van der Waals surface area contributed by atoms with Gasteiger partial charge in [0, 0.05) is 24.5 Å². The number of aromatic nitrogens is 2. The molecule has 0 saturated carbocycles. The Kier molecular flexibility index (Phi) is 3.45. The Morgan fingerprint density at radius 2 is 2.28 bits per heavy atom. The van der Waals surface area contributed by atoms with E-state index in [1.807, 2.05) is 29.8 Å². The SMILES string of the molecule is Clc1cccc2nc(NCCc3nccs3)sc12. The van der Waals surface area contributed by atoms with Crippen LogP contribution in [-0.4, -0.2) is 16.5 Å². The third kappa shape index (κ3) is 2.48. The van der Waals surface area contributed by atoms with Crippen LogP contribution in [0.2, 0.25) is 5.02 Å². The van der Waals surface area contributed by atoms with E-state index in [1.165, 1.54) is 0 Å². The number of fused-ring (bicyclic) bond motifs is 1. The Bertz CT molecular complexity index is 648. The van der Waals surface area contributed by atoms with Crippen LogP contribution in [0.25, 0.3) is 10.2 Å². The molecule has 3 nitrogen and oxygen atoms in total. The highest BCUT2D eigenvalue weighted by atomic mass is 35.5. The molecule has 92 valence electrons. The van der Waals surface area contributed by atoms with Crippen LogP contribution in [0.1, 0.15) is 5.01 Å². The number of halogens is 1. The summed E-state index contributed by atoms with van der Waals surface area (Å²) in [5.74, 6) is 0. The molecule has 0 atom stereocenters. The van der Waals surface area contributed by atoms with Crippen molar-refractivity contribution in [2.75, 3.05) is 11.9 Å². The molecule has 0 aliphatic carbocycles. The summed E-state index contributed by atoms with van der Waals surface area (Å²) < 4.78 is 1.04. The van der Waals surface area contributed by atoms with E-state index in [-0.39, 0.29) is 0 Å². The average molecular weight is 296 g/mol. The molecule has 0 saturated heterocycles. The van der Waals surface area contributed by atoms with Gasteiger partial charge in [0.2, 0.25) is 0 Å². The van der Waals surface area contributed by atoms with Crippen molar-refractivity contribution < 1.29 is 0 Å². The van der Waals surface area contributed by atoms with Crippen molar-refractivity contribution in [2.24, 2.45) is 0 Å². The zero-order valence-corrected chi connectivity index (χ0v) is 11.8. The summed E-state index contributed by atoms with van der Waals surface area (Å²) in [5.41, 5.74) is 0.948. The molecule has 2 heterocycles. The van der Waals surface area contributed by atoms with Crippen LogP contribution >= 0.6 is 34.3 Å². The van der Waals surface area contributed by atoms with Gasteiger partial charge in [-0.3, -0.25) is 0 Å². The molecule has 1 aromatic carbocycles. The first-order valence-electron chi connectivity index (χ1n) is 5.50. The lowest BCUT2D eigenvalue weighted by Gasteiger charge is -1.98. The maximum Gasteiger partial charge on any atom is 0.183 e. The van der Waals surface area contributed by atoms with E-state index in [2.05, 4.69) is 15.3 Å². The van der Waals surface area contributed by atoms with E-state index >= 15 is 0 Å². The van der Waals surface area contributed by atoms with Gasteiger partial charge in [0.25, 0.3) is 0 Å². The number of nitrogens with one attached hydrogen (secondary N) is 1. The molecule has 1 N–H and O–H groups in total. The molecule has 3 rings (SSSR count). The summed E-state index contributed by atoms with van der Waals surface area (Å²) in [4.78, 5) is 8.74. The molecule has 0 spiro atoms. The van der Waals surface area contributed by atoms with Crippen molar-refractivity contribution >= 4 is 49.6 Å². The zero-order valence-electron chi connectivity index (χ0n) is 9.39. The van der Waals surface area contributed by atoms with Crippen molar-refractivity contribution in [3.8, 4) is 0 Å². The molecule has 6 heteroatoms. The maximum atomic E-state index is 6.12. The fourth-order valence-corrected chi connectivity index (χ4v) is 3.44. The van der Waals surface area contributed by atoms with Gasteiger partial charge in [-0.1, -0.05) is 29.0 Å². The number of hydrogen-bond donors (Lipinski definition) is 1. The number of anilines is 1. The molecule has 3 aromatic rings. The molecule has 0 unspecified atom stereocenters. The van der Waals surface area contributed by atoms with Crippen molar-refractivity contribution in [3.63, 3.8) is 0 Å². The first kappa shape index (κ1) is 11.9. The predicted octanol–water partition coefficient (Wildman–Crippen LogP) is 4.06. The summed E-state index contributed by atoms with van der Waals surface area (Å²) in [6.45, 7) is 0.838. The first-order chi connectivity index (χ1) is 8.83. The predicted molar refractivity (Wildman–Crippen MR) is 78.9 cm³/mol. The molecular formula is C12H10ClN3S2. The van der Waals surface area contributed by atoms with Crippen LogP contribution in [0, 0.1) is 0 Å². The second kappa shape index (κ2) is 5.22. The maximum absolute atomic E-state index is 6.12. The van der Waals surface area contributed by atoms with Crippen LogP contribution in [0.4, 0.5) is 5.13 Å². The van der Waals surface area contributed by atoms with Crippen molar-refractivity contribution in [2.45, 2.75) is 6.42 Å². The molecule has 18 heavy (non-hydrogen) atoms. The summed E-state index contributed by atoms with van der Waals surface area (Å²) in [6, 6.07) is 5.79. The summed E-state index contributed by atoms with van der Waals surface area (Å²) in [6.07, 6.45) is 2.75. The van der Waals surface area contributed by atoms with Crippen LogP contribution in [-0.2, 0) is 6.42 Å². The topological polar surface area (TPSA) is 37.8 Å². The third-order valence-electron chi connectivity index (χ3n) is 2.47.